The van der Waals surface area contributed by atoms with E-state index in [-0.39, 0.29) is 18.2 Å². The van der Waals surface area contributed by atoms with Crippen molar-refractivity contribution in [3.63, 3.8) is 0 Å². The second-order valence-corrected chi connectivity index (χ2v) is 16.0. The number of benzene rings is 4. The molecule has 4 rings (SSSR count). The van der Waals surface area contributed by atoms with Crippen molar-refractivity contribution >= 4 is 45.9 Å². The third-order valence-electron chi connectivity index (χ3n) is 6.70. The van der Waals surface area contributed by atoms with Gasteiger partial charge in [0.05, 0.1) is 18.8 Å². The molecule has 0 saturated heterocycles. The Balaban J connectivity index is 0.000000280. The van der Waals surface area contributed by atoms with E-state index in [2.05, 4.69) is 0 Å². The van der Waals surface area contributed by atoms with E-state index < -0.39 is 28.8 Å². The van der Waals surface area contributed by atoms with E-state index in [0.29, 0.717) is 36.9 Å². The molecule has 280 valence electrons. The van der Waals surface area contributed by atoms with Gasteiger partial charge >= 0.3 is 28.8 Å². The first-order valence-electron chi connectivity index (χ1n) is 16.6. The summed E-state index contributed by atoms with van der Waals surface area (Å²) >= 11 is 0. The van der Waals surface area contributed by atoms with Crippen LogP contribution in [0.1, 0.15) is 26.3 Å². The van der Waals surface area contributed by atoms with Crippen molar-refractivity contribution in [2.45, 2.75) is 52.5 Å². The first-order chi connectivity index (χ1) is 24.3. The van der Waals surface area contributed by atoms with Gasteiger partial charge in [-0.25, -0.2) is 0 Å². The predicted octanol–water partition coefficient (Wildman–Crippen LogP) is 2.99. The minimum absolute atomic E-state index is 0.0791. The van der Waals surface area contributed by atoms with Crippen LogP contribution in [0.25, 0.3) is 0 Å². The van der Waals surface area contributed by atoms with Gasteiger partial charge in [0.1, 0.15) is 23.0 Å². The molecule has 0 heterocycles. The summed E-state index contributed by atoms with van der Waals surface area (Å²) in [6.45, 7) is 11.0. The summed E-state index contributed by atoms with van der Waals surface area (Å²) in [5, 5.41) is 0. The zero-order chi connectivity index (χ0) is 37.6. The topological polar surface area (TPSA) is 221 Å². The third-order valence-corrected chi connectivity index (χ3v) is 10.9. The van der Waals surface area contributed by atoms with Crippen LogP contribution >= 0.6 is 0 Å². The average molecular weight is 757 g/mol. The molecule has 0 aliphatic heterocycles. The van der Waals surface area contributed by atoms with Crippen LogP contribution in [0.4, 0.5) is 17.1 Å². The third kappa shape index (κ3) is 19.2. The molecule has 13 nitrogen and oxygen atoms in total. The molecular formula is C35H56N6O7Si3. The summed E-state index contributed by atoms with van der Waals surface area (Å²) in [4.78, 5) is 0. The predicted molar refractivity (Wildman–Crippen MR) is 214 cm³/mol. The molecule has 0 amide bonds. The second kappa shape index (κ2) is 23.4. The van der Waals surface area contributed by atoms with E-state index in [1.807, 2.05) is 82.8 Å². The normalized spacial score (nSPS) is 14.0. The van der Waals surface area contributed by atoms with Gasteiger partial charge in [-0.05, 0) is 113 Å². The lowest BCUT2D eigenvalue weighted by atomic mass is 10.2. The Morgan fingerprint density at radius 1 is 0.569 bits per heavy atom. The standard InChI is InChI=1S/C17H24N2O3Si.2C9H16N2O2Si/c1-13-4-8-16(9-5-13)21-23(3,20-12-14(2)18)22-17-10-6-15(19)7-11-17;2*1-7(6-10)12-14-13-9-4-2-8(11)3-5-9/h4-11,14H,12,18-19H2,1-3H3;2*2-5,7H,6,10-11,14H2,1H3. The van der Waals surface area contributed by atoms with E-state index >= 15 is 0 Å². The highest BCUT2D eigenvalue weighted by atomic mass is 28.4. The highest BCUT2D eigenvalue weighted by Gasteiger charge is 2.40. The van der Waals surface area contributed by atoms with Gasteiger partial charge in [0, 0.05) is 42.7 Å². The number of anilines is 3. The molecule has 0 aliphatic carbocycles. The van der Waals surface area contributed by atoms with Gasteiger partial charge in [0.15, 0.2) is 0 Å². The fourth-order valence-corrected chi connectivity index (χ4v) is 7.02. The summed E-state index contributed by atoms with van der Waals surface area (Å²) in [6, 6.07) is 29.4. The average Bonchev–Trinajstić information content (AvgIpc) is 3.11. The van der Waals surface area contributed by atoms with Crippen LogP contribution in [-0.2, 0) is 13.3 Å². The number of hydrogen-bond acceptors (Lipinski definition) is 13. The summed E-state index contributed by atoms with van der Waals surface area (Å²) in [6.07, 6.45) is 0.158. The molecule has 16 heteroatoms. The van der Waals surface area contributed by atoms with Gasteiger partial charge in [-0.2, -0.15) is 0 Å². The molecule has 51 heavy (non-hydrogen) atoms. The van der Waals surface area contributed by atoms with Crippen LogP contribution in [0.15, 0.2) is 97.1 Å². The van der Waals surface area contributed by atoms with Gasteiger partial charge in [0.25, 0.3) is 0 Å². The van der Waals surface area contributed by atoms with E-state index in [1.165, 1.54) is 0 Å². The van der Waals surface area contributed by atoms with Crippen molar-refractivity contribution in [3.8, 4) is 23.0 Å². The Morgan fingerprint density at radius 2 is 0.902 bits per heavy atom. The van der Waals surface area contributed by atoms with Crippen LogP contribution in [0.3, 0.4) is 0 Å². The molecule has 4 unspecified atom stereocenters. The van der Waals surface area contributed by atoms with Gasteiger partial charge in [0.2, 0.25) is 0 Å². The molecule has 0 saturated carbocycles. The Morgan fingerprint density at radius 3 is 1.24 bits per heavy atom. The lowest BCUT2D eigenvalue weighted by molar-refractivity contribution is 0.164. The van der Waals surface area contributed by atoms with Crippen LogP contribution < -0.4 is 52.1 Å². The number of nitrogen functional groups attached to an aromatic ring is 3. The first-order valence-corrected chi connectivity index (χ1v) is 21.1. The van der Waals surface area contributed by atoms with Crippen molar-refractivity contribution in [2.75, 3.05) is 36.9 Å². The number of aryl methyl sites for hydroxylation is 1. The summed E-state index contributed by atoms with van der Waals surface area (Å²) in [7, 11) is -4.91. The maximum atomic E-state index is 6.05. The number of hydrogen-bond donors (Lipinski definition) is 6. The largest absolute Gasteiger partial charge is 0.628 e. The van der Waals surface area contributed by atoms with E-state index in [9.17, 15) is 0 Å². The van der Waals surface area contributed by atoms with Crippen molar-refractivity contribution in [1.29, 1.82) is 0 Å². The van der Waals surface area contributed by atoms with Crippen LogP contribution in [0.5, 0.6) is 23.0 Å². The summed E-state index contributed by atoms with van der Waals surface area (Å²) < 4.78 is 39.6. The maximum absolute atomic E-state index is 6.05. The Kier molecular flexibility index (Phi) is 19.7. The molecule has 0 spiro atoms. The molecule has 0 bridgehead atoms. The fourth-order valence-electron chi connectivity index (χ4n) is 3.63. The van der Waals surface area contributed by atoms with E-state index in [0.717, 1.165) is 28.4 Å². The summed E-state index contributed by atoms with van der Waals surface area (Å²) in [5.41, 5.74) is 36.7. The Bertz CT molecular complexity index is 1390. The van der Waals surface area contributed by atoms with Gasteiger partial charge < -0.3 is 65.4 Å². The van der Waals surface area contributed by atoms with E-state index in [1.54, 1.807) is 48.5 Å². The van der Waals surface area contributed by atoms with Crippen molar-refractivity contribution in [1.82, 2.24) is 0 Å². The highest BCUT2D eigenvalue weighted by molar-refractivity contribution is 6.60. The van der Waals surface area contributed by atoms with Gasteiger partial charge in [-0.15, -0.1) is 0 Å². The van der Waals surface area contributed by atoms with Crippen molar-refractivity contribution in [3.05, 3.63) is 103 Å². The molecule has 4 aromatic carbocycles. The SMILES string of the molecule is CC(CN)O[SiH2]Oc1ccc(N)cc1.CC(CN)O[SiH2]Oc1ccc(N)cc1.Cc1ccc(O[Si](C)(OCC(C)N)Oc2ccc(N)cc2)cc1. The smallest absolute Gasteiger partial charge is 0.525 e. The molecule has 12 N–H and O–H groups in total. The van der Waals surface area contributed by atoms with Gasteiger partial charge in [-0.3, -0.25) is 0 Å². The highest BCUT2D eigenvalue weighted by Crippen LogP contribution is 2.23. The summed E-state index contributed by atoms with van der Waals surface area (Å²) in [5.74, 6) is 2.97. The van der Waals surface area contributed by atoms with Crippen LogP contribution in [0.2, 0.25) is 6.55 Å². The molecule has 0 radical (unpaired) electrons. The zero-order valence-electron chi connectivity index (χ0n) is 30.3. The monoisotopic (exact) mass is 756 g/mol. The number of rotatable bonds is 17. The lowest BCUT2D eigenvalue weighted by Gasteiger charge is -2.28. The minimum atomic E-state index is -2.95. The lowest BCUT2D eigenvalue weighted by Crippen LogP contribution is -2.50. The first kappa shape index (κ1) is 43.1. The Hall–Kier alpha value is -4.11. The fraction of sp³-hybridized carbons (Fsp3) is 0.314. The maximum Gasteiger partial charge on any atom is 0.628 e. The number of nitrogens with two attached hydrogens (primary N) is 6. The van der Waals surface area contributed by atoms with Crippen molar-refractivity contribution in [2.24, 2.45) is 17.2 Å². The zero-order valence-corrected chi connectivity index (χ0v) is 34.2. The van der Waals surface area contributed by atoms with Gasteiger partial charge in [-0.1, -0.05) is 17.7 Å². The van der Waals surface area contributed by atoms with E-state index in [4.69, 9.17) is 65.4 Å². The molecule has 4 aromatic rings. The quantitative estimate of drug-likeness (QED) is 0.0675. The van der Waals surface area contributed by atoms with Crippen molar-refractivity contribution < 1.29 is 31.0 Å². The second-order valence-electron chi connectivity index (χ2n) is 11.8. The molecule has 0 aromatic heterocycles. The van der Waals surface area contributed by atoms with Crippen LogP contribution in [-0.4, -0.2) is 66.8 Å². The molecular weight excluding hydrogens is 701 g/mol. The minimum Gasteiger partial charge on any atom is -0.525 e. The molecule has 0 aliphatic rings. The molecule has 0 fully saturated rings. The van der Waals surface area contributed by atoms with Crippen LogP contribution in [0, 0.1) is 6.92 Å². The molecule has 4 atom stereocenters. The Labute approximate surface area is 308 Å².